The van der Waals surface area contributed by atoms with E-state index in [0.29, 0.717) is 11.6 Å². The van der Waals surface area contributed by atoms with Gasteiger partial charge in [-0.1, -0.05) is 11.2 Å². The second-order valence-corrected chi connectivity index (χ2v) is 6.31. The van der Waals surface area contributed by atoms with Crippen molar-refractivity contribution in [3.8, 4) is 5.75 Å². The summed E-state index contributed by atoms with van der Waals surface area (Å²) in [4.78, 5) is 4.12. The van der Waals surface area contributed by atoms with Crippen LogP contribution in [-0.2, 0) is 9.84 Å². The Bertz CT molecular complexity index is 679. The van der Waals surface area contributed by atoms with E-state index in [1.54, 1.807) is 19.1 Å². The SMILES string of the molecule is COc1cccc(S(=O)(=O)[C@@H](C)c2nc(C)no2)c1. The van der Waals surface area contributed by atoms with Crippen molar-refractivity contribution in [2.24, 2.45) is 0 Å². The summed E-state index contributed by atoms with van der Waals surface area (Å²) in [7, 11) is -2.10. The topological polar surface area (TPSA) is 82.3 Å². The molecule has 6 nitrogen and oxygen atoms in total. The Balaban J connectivity index is 2.41. The van der Waals surface area contributed by atoms with Gasteiger partial charge in [0, 0.05) is 0 Å². The lowest BCUT2D eigenvalue weighted by Gasteiger charge is -2.10. The summed E-state index contributed by atoms with van der Waals surface area (Å²) in [6.07, 6.45) is 0. The van der Waals surface area contributed by atoms with Crippen LogP contribution >= 0.6 is 0 Å². The first kappa shape index (κ1) is 13.5. The Morgan fingerprint density at radius 2 is 2.11 bits per heavy atom. The van der Waals surface area contributed by atoms with Gasteiger partial charge in [0.25, 0.3) is 0 Å². The molecule has 7 heteroatoms. The molecule has 0 aliphatic rings. The first-order chi connectivity index (χ1) is 8.95. The van der Waals surface area contributed by atoms with Crippen molar-refractivity contribution in [3.63, 3.8) is 0 Å². The van der Waals surface area contributed by atoms with Gasteiger partial charge in [-0.15, -0.1) is 0 Å². The number of ether oxygens (including phenoxy) is 1. The van der Waals surface area contributed by atoms with Gasteiger partial charge in [0.15, 0.2) is 15.7 Å². The molecule has 1 aromatic heterocycles. The minimum absolute atomic E-state index is 0.0836. The Morgan fingerprint density at radius 3 is 2.68 bits per heavy atom. The minimum Gasteiger partial charge on any atom is -0.497 e. The Labute approximate surface area is 111 Å². The molecule has 19 heavy (non-hydrogen) atoms. The van der Waals surface area contributed by atoms with E-state index in [2.05, 4.69) is 10.1 Å². The molecule has 0 radical (unpaired) electrons. The summed E-state index contributed by atoms with van der Waals surface area (Å²) in [6.45, 7) is 3.15. The van der Waals surface area contributed by atoms with Crippen molar-refractivity contribution in [3.05, 3.63) is 36.0 Å². The van der Waals surface area contributed by atoms with Crippen molar-refractivity contribution in [2.45, 2.75) is 24.0 Å². The van der Waals surface area contributed by atoms with Crippen LogP contribution in [0.15, 0.2) is 33.7 Å². The molecule has 0 aliphatic heterocycles. The molecule has 1 atom stereocenters. The Kier molecular flexibility index (Phi) is 3.57. The van der Waals surface area contributed by atoms with E-state index in [9.17, 15) is 8.42 Å². The van der Waals surface area contributed by atoms with Crippen LogP contribution in [-0.4, -0.2) is 25.7 Å². The van der Waals surface area contributed by atoms with Gasteiger partial charge < -0.3 is 9.26 Å². The number of benzene rings is 1. The molecule has 0 fully saturated rings. The van der Waals surface area contributed by atoms with Gasteiger partial charge in [0.05, 0.1) is 12.0 Å². The highest BCUT2D eigenvalue weighted by Crippen LogP contribution is 2.29. The molecule has 2 aromatic rings. The Morgan fingerprint density at radius 1 is 1.37 bits per heavy atom. The lowest BCUT2D eigenvalue weighted by atomic mass is 10.3. The zero-order chi connectivity index (χ0) is 14.0. The van der Waals surface area contributed by atoms with Crippen LogP contribution in [0.3, 0.4) is 0 Å². The smallest absolute Gasteiger partial charge is 0.245 e. The maximum Gasteiger partial charge on any atom is 0.245 e. The maximum atomic E-state index is 12.4. The molecule has 0 saturated heterocycles. The van der Waals surface area contributed by atoms with Gasteiger partial charge in [0.2, 0.25) is 5.89 Å². The zero-order valence-electron chi connectivity index (χ0n) is 10.8. The molecular formula is C12H14N2O4S. The van der Waals surface area contributed by atoms with Gasteiger partial charge >= 0.3 is 0 Å². The number of rotatable bonds is 4. The average molecular weight is 282 g/mol. The molecular weight excluding hydrogens is 268 g/mol. The first-order valence-electron chi connectivity index (χ1n) is 5.63. The molecule has 0 spiro atoms. The minimum atomic E-state index is -3.59. The van der Waals surface area contributed by atoms with Crippen LogP contribution in [0, 0.1) is 6.92 Å². The van der Waals surface area contributed by atoms with E-state index in [1.807, 2.05) is 0 Å². The molecule has 0 aliphatic carbocycles. The second kappa shape index (κ2) is 5.00. The normalized spacial score (nSPS) is 13.2. The van der Waals surface area contributed by atoms with Crippen LogP contribution in [0.1, 0.15) is 23.9 Å². The van der Waals surface area contributed by atoms with Crippen LogP contribution in [0.2, 0.25) is 0 Å². The molecule has 1 aromatic carbocycles. The molecule has 1 heterocycles. The highest BCUT2D eigenvalue weighted by molar-refractivity contribution is 7.91. The number of aromatic nitrogens is 2. The number of hydrogen-bond donors (Lipinski definition) is 0. The largest absolute Gasteiger partial charge is 0.497 e. The van der Waals surface area contributed by atoms with E-state index in [-0.39, 0.29) is 10.8 Å². The van der Waals surface area contributed by atoms with Crippen LogP contribution in [0.5, 0.6) is 5.75 Å². The third kappa shape index (κ3) is 2.60. The first-order valence-corrected chi connectivity index (χ1v) is 7.18. The number of sulfone groups is 1. The van der Waals surface area contributed by atoms with E-state index in [4.69, 9.17) is 9.26 Å². The second-order valence-electron chi connectivity index (χ2n) is 4.05. The highest BCUT2D eigenvalue weighted by atomic mass is 32.2. The number of methoxy groups -OCH3 is 1. The van der Waals surface area contributed by atoms with Crippen molar-refractivity contribution in [2.75, 3.05) is 7.11 Å². The van der Waals surface area contributed by atoms with Crippen LogP contribution in [0.25, 0.3) is 0 Å². The predicted molar refractivity (Wildman–Crippen MR) is 67.6 cm³/mol. The van der Waals surface area contributed by atoms with Crippen molar-refractivity contribution >= 4 is 9.84 Å². The molecule has 102 valence electrons. The molecule has 0 bridgehead atoms. The summed E-state index contributed by atoms with van der Waals surface area (Å²) in [5.41, 5.74) is 0. The zero-order valence-corrected chi connectivity index (χ0v) is 11.6. The van der Waals surface area contributed by atoms with Crippen LogP contribution in [0.4, 0.5) is 0 Å². The fourth-order valence-electron chi connectivity index (χ4n) is 1.59. The highest BCUT2D eigenvalue weighted by Gasteiger charge is 2.29. The monoisotopic (exact) mass is 282 g/mol. The predicted octanol–water partition coefficient (Wildman–Crippen LogP) is 1.92. The summed E-state index contributed by atoms with van der Waals surface area (Å²) in [5, 5.41) is 2.70. The molecule has 2 rings (SSSR count). The maximum absolute atomic E-state index is 12.4. The number of hydrogen-bond acceptors (Lipinski definition) is 6. The molecule has 0 amide bonds. The van der Waals surface area contributed by atoms with E-state index >= 15 is 0 Å². The van der Waals surface area contributed by atoms with Gasteiger partial charge in [0.1, 0.15) is 11.0 Å². The van der Waals surface area contributed by atoms with E-state index in [0.717, 1.165) is 0 Å². The molecule has 0 unspecified atom stereocenters. The number of aryl methyl sites for hydroxylation is 1. The summed E-state index contributed by atoms with van der Waals surface area (Å²) in [5.74, 6) is 0.970. The van der Waals surface area contributed by atoms with Crippen molar-refractivity contribution in [1.82, 2.24) is 10.1 Å². The van der Waals surface area contributed by atoms with Crippen molar-refractivity contribution in [1.29, 1.82) is 0 Å². The quantitative estimate of drug-likeness (QED) is 0.852. The van der Waals surface area contributed by atoms with E-state index in [1.165, 1.54) is 26.2 Å². The standard InChI is InChI=1S/C12H14N2O4S/c1-8(12-13-9(2)14-18-12)19(15,16)11-6-4-5-10(7-11)17-3/h4-8H,1-3H3/t8-/m0/s1. The lowest BCUT2D eigenvalue weighted by molar-refractivity contribution is 0.373. The van der Waals surface area contributed by atoms with E-state index < -0.39 is 15.1 Å². The third-order valence-electron chi connectivity index (χ3n) is 2.73. The summed E-state index contributed by atoms with van der Waals surface area (Å²) < 4.78 is 34.8. The Hall–Kier alpha value is -1.89. The fraction of sp³-hybridized carbons (Fsp3) is 0.333. The van der Waals surface area contributed by atoms with Gasteiger partial charge in [-0.05, 0) is 32.0 Å². The summed E-state index contributed by atoms with van der Waals surface area (Å²) >= 11 is 0. The fourth-order valence-corrected chi connectivity index (χ4v) is 2.91. The lowest BCUT2D eigenvalue weighted by Crippen LogP contribution is -2.11. The van der Waals surface area contributed by atoms with Gasteiger partial charge in [-0.2, -0.15) is 4.98 Å². The van der Waals surface area contributed by atoms with Gasteiger partial charge in [-0.3, -0.25) is 0 Å². The molecule has 0 N–H and O–H groups in total. The molecule has 0 saturated carbocycles. The van der Waals surface area contributed by atoms with Crippen LogP contribution < -0.4 is 4.74 Å². The number of nitrogens with zero attached hydrogens (tertiary/aromatic N) is 2. The van der Waals surface area contributed by atoms with Gasteiger partial charge in [-0.25, -0.2) is 8.42 Å². The van der Waals surface area contributed by atoms with Crippen molar-refractivity contribution < 1.29 is 17.7 Å². The third-order valence-corrected chi connectivity index (χ3v) is 4.77. The average Bonchev–Trinajstić information content (AvgIpc) is 2.84. The summed E-state index contributed by atoms with van der Waals surface area (Å²) in [6, 6.07) is 6.28.